The Hall–Kier alpha value is -2.09. The second-order valence-corrected chi connectivity index (χ2v) is 5.23. The summed E-state index contributed by atoms with van der Waals surface area (Å²) in [6.45, 7) is 6.52. The van der Waals surface area contributed by atoms with Crippen molar-refractivity contribution in [1.29, 1.82) is 0 Å². The molecule has 2 rings (SSSR count). The SMILES string of the molecule is CCc1cc(CC)c(-c2ccc(C(=O)O)cc2)c(CC)c1. The topological polar surface area (TPSA) is 37.3 Å². The predicted molar refractivity (Wildman–Crippen MR) is 87.0 cm³/mol. The van der Waals surface area contributed by atoms with Crippen LogP contribution >= 0.6 is 0 Å². The van der Waals surface area contributed by atoms with Crippen molar-refractivity contribution in [2.75, 3.05) is 0 Å². The van der Waals surface area contributed by atoms with E-state index in [1.54, 1.807) is 12.1 Å². The van der Waals surface area contributed by atoms with Gasteiger partial charge in [0.15, 0.2) is 0 Å². The van der Waals surface area contributed by atoms with Gasteiger partial charge >= 0.3 is 5.97 Å². The van der Waals surface area contributed by atoms with Crippen LogP contribution in [0.25, 0.3) is 11.1 Å². The first kappa shape index (κ1) is 15.3. The Balaban J connectivity index is 2.58. The standard InChI is InChI=1S/C19H22O2/c1-4-13-11-14(5-2)18(15(6-3)12-13)16-7-9-17(10-8-16)19(20)21/h7-12H,4-6H2,1-3H3,(H,20,21). The van der Waals surface area contributed by atoms with Crippen LogP contribution in [0.2, 0.25) is 0 Å². The number of carboxylic acid groups (broad SMARTS) is 1. The average Bonchev–Trinajstić information content (AvgIpc) is 2.53. The van der Waals surface area contributed by atoms with Gasteiger partial charge in [-0.1, -0.05) is 45.0 Å². The number of carbonyl (C=O) groups is 1. The van der Waals surface area contributed by atoms with Crippen molar-refractivity contribution < 1.29 is 9.90 Å². The fourth-order valence-corrected chi connectivity index (χ4v) is 2.75. The van der Waals surface area contributed by atoms with Gasteiger partial charge in [0.2, 0.25) is 0 Å². The zero-order chi connectivity index (χ0) is 15.4. The molecular weight excluding hydrogens is 260 g/mol. The molecule has 0 saturated heterocycles. The third-order valence-corrected chi connectivity index (χ3v) is 3.95. The number of benzene rings is 2. The molecule has 2 nitrogen and oxygen atoms in total. The molecule has 0 aromatic heterocycles. The quantitative estimate of drug-likeness (QED) is 0.860. The minimum Gasteiger partial charge on any atom is -0.478 e. The Morgan fingerprint density at radius 3 is 1.81 bits per heavy atom. The van der Waals surface area contributed by atoms with E-state index < -0.39 is 5.97 Å². The summed E-state index contributed by atoms with van der Waals surface area (Å²) in [5.41, 5.74) is 6.77. The van der Waals surface area contributed by atoms with Crippen LogP contribution in [-0.4, -0.2) is 11.1 Å². The van der Waals surface area contributed by atoms with Crippen molar-refractivity contribution in [3.8, 4) is 11.1 Å². The molecule has 0 fully saturated rings. The molecule has 0 bridgehead atoms. The third-order valence-electron chi connectivity index (χ3n) is 3.95. The van der Waals surface area contributed by atoms with Crippen molar-refractivity contribution in [2.24, 2.45) is 0 Å². The van der Waals surface area contributed by atoms with Gasteiger partial charge in [0.25, 0.3) is 0 Å². The number of aromatic carboxylic acids is 1. The largest absolute Gasteiger partial charge is 0.478 e. The lowest BCUT2D eigenvalue weighted by Crippen LogP contribution is -1.99. The van der Waals surface area contributed by atoms with Gasteiger partial charge in [-0.2, -0.15) is 0 Å². The number of rotatable bonds is 5. The molecule has 0 radical (unpaired) electrons. The average molecular weight is 282 g/mol. The lowest BCUT2D eigenvalue weighted by atomic mass is 9.89. The zero-order valence-corrected chi connectivity index (χ0v) is 12.9. The second kappa shape index (κ2) is 6.57. The van der Waals surface area contributed by atoms with Crippen molar-refractivity contribution in [1.82, 2.24) is 0 Å². The van der Waals surface area contributed by atoms with Crippen LogP contribution in [0, 0.1) is 0 Å². The van der Waals surface area contributed by atoms with Gasteiger partial charge in [0, 0.05) is 0 Å². The lowest BCUT2D eigenvalue weighted by molar-refractivity contribution is 0.0697. The van der Waals surface area contributed by atoms with E-state index in [4.69, 9.17) is 5.11 Å². The van der Waals surface area contributed by atoms with Crippen LogP contribution in [0.5, 0.6) is 0 Å². The maximum Gasteiger partial charge on any atom is 0.335 e. The Kier molecular flexibility index (Phi) is 4.79. The maximum atomic E-state index is 11.0. The summed E-state index contributed by atoms with van der Waals surface area (Å²) in [5.74, 6) is -0.880. The third kappa shape index (κ3) is 3.15. The highest BCUT2D eigenvalue weighted by atomic mass is 16.4. The van der Waals surface area contributed by atoms with E-state index in [1.165, 1.54) is 22.3 Å². The van der Waals surface area contributed by atoms with E-state index in [0.717, 1.165) is 24.8 Å². The first-order valence-corrected chi connectivity index (χ1v) is 7.59. The van der Waals surface area contributed by atoms with Crippen molar-refractivity contribution in [3.05, 3.63) is 58.7 Å². The summed E-state index contributed by atoms with van der Waals surface area (Å²) in [4.78, 5) is 11.0. The highest BCUT2D eigenvalue weighted by Gasteiger charge is 2.11. The highest BCUT2D eigenvalue weighted by molar-refractivity contribution is 5.88. The minimum atomic E-state index is -0.880. The molecule has 0 aliphatic rings. The smallest absolute Gasteiger partial charge is 0.335 e. The zero-order valence-electron chi connectivity index (χ0n) is 12.9. The van der Waals surface area contributed by atoms with Gasteiger partial charge in [-0.25, -0.2) is 4.79 Å². The van der Waals surface area contributed by atoms with E-state index in [0.29, 0.717) is 5.56 Å². The van der Waals surface area contributed by atoms with E-state index >= 15 is 0 Å². The van der Waals surface area contributed by atoms with Crippen molar-refractivity contribution >= 4 is 5.97 Å². The van der Waals surface area contributed by atoms with Gasteiger partial charge in [-0.3, -0.25) is 0 Å². The number of aryl methyl sites for hydroxylation is 3. The molecule has 21 heavy (non-hydrogen) atoms. The summed E-state index contributed by atoms with van der Waals surface area (Å²) < 4.78 is 0. The number of hydrogen-bond donors (Lipinski definition) is 1. The molecule has 1 N–H and O–H groups in total. The highest BCUT2D eigenvalue weighted by Crippen LogP contribution is 2.30. The first-order chi connectivity index (χ1) is 10.1. The molecule has 2 heteroatoms. The van der Waals surface area contributed by atoms with Gasteiger partial charge in [-0.15, -0.1) is 0 Å². The van der Waals surface area contributed by atoms with Gasteiger partial charge in [0.1, 0.15) is 0 Å². The van der Waals surface area contributed by atoms with Crippen LogP contribution in [0.15, 0.2) is 36.4 Å². The van der Waals surface area contributed by atoms with Gasteiger partial charge in [-0.05, 0) is 59.2 Å². The molecule has 0 spiro atoms. The molecule has 0 saturated carbocycles. The van der Waals surface area contributed by atoms with E-state index in [2.05, 4.69) is 32.9 Å². The maximum absolute atomic E-state index is 11.0. The Morgan fingerprint density at radius 2 is 1.43 bits per heavy atom. The van der Waals surface area contributed by atoms with E-state index in [1.807, 2.05) is 12.1 Å². The van der Waals surface area contributed by atoms with Crippen LogP contribution < -0.4 is 0 Å². The number of hydrogen-bond acceptors (Lipinski definition) is 1. The molecule has 0 aliphatic heterocycles. The summed E-state index contributed by atoms with van der Waals surface area (Å²) in [6.07, 6.45) is 3.01. The minimum absolute atomic E-state index is 0.333. The molecule has 110 valence electrons. The van der Waals surface area contributed by atoms with Crippen LogP contribution in [0.4, 0.5) is 0 Å². The molecule has 2 aromatic carbocycles. The van der Waals surface area contributed by atoms with E-state index in [9.17, 15) is 4.79 Å². The molecule has 0 aliphatic carbocycles. The predicted octanol–water partition coefficient (Wildman–Crippen LogP) is 4.74. The molecule has 0 unspecified atom stereocenters. The lowest BCUT2D eigenvalue weighted by Gasteiger charge is -2.16. The molecule has 0 atom stereocenters. The summed E-state index contributed by atoms with van der Waals surface area (Å²) >= 11 is 0. The fourth-order valence-electron chi connectivity index (χ4n) is 2.75. The Morgan fingerprint density at radius 1 is 0.905 bits per heavy atom. The molecule has 0 amide bonds. The van der Waals surface area contributed by atoms with Crippen LogP contribution in [0.3, 0.4) is 0 Å². The fraction of sp³-hybridized carbons (Fsp3) is 0.316. The number of carboxylic acids is 1. The van der Waals surface area contributed by atoms with Crippen molar-refractivity contribution in [3.63, 3.8) is 0 Å². The van der Waals surface area contributed by atoms with Crippen LogP contribution in [0.1, 0.15) is 47.8 Å². The second-order valence-electron chi connectivity index (χ2n) is 5.23. The summed E-state index contributed by atoms with van der Waals surface area (Å²) in [7, 11) is 0. The monoisotopic (exact) mass is 282 g/mol. The Labute approximate surface area is 126 Å². The molecular formula is C19H22O2. The Bertz CT molecular complexity index is 614. The van der Waals surface area contributed by atoms with E-state index in [-0.39, 0.29) is 0 Å². The molecule has 2 aromatic rings. The van der Waals surface area contributed by atoms with Crippen LogP contribution in [-0.2, 0) is 19.3 Å². The van der Waals surface area contributed by atoms with Gasteiger partial charge in [0.05, 0.1) is 5.56 Å². The first-order valence-electron chi connectivity index (χ1n) is 7.59. The normalized spacial score (nSPS) is 10.6. The summed E-state index contributed by atoms with van der Waals surface area (Å²) in [5, 5.41) is 9.02. The summed E-state index contributed by atoms with van der Waals surface area (Å²) in [6, 6.07) is 11.8. The van der Waals surface area contributed by atoms with Gasteiger partial charge < -0.3 is 5.11 Å². The van der Waals surface area contributed by atoms with Crippen molar-refractivity contribution in [2.45, 2.75) is 40.0 Å². The molecule has 0 heterocycles.